The van der Waals surface area contributed by atoms with Crippen LogP contribution in [0.5, 0.6) is 0 Å². The van der Waals surface area contributed by atoms with Gasteiger partial charge < -0.3 is 5.32 Å². The van der Waals surface area contributed by atoms with Gasteiger partial charge in [0, 0.05) is 23.3 Å². The summed E-state index contributed by atoms with van der Waals surface area (Å²) in [6.45, 7) is 6.12. The number of halogens is 1. The van der Waals surface area contributed by atoms with Gasteiger partial charge in [0.15, 0.2) is 0 Å². The second kappa shape index (κ2) is 7.41. The largest absolute Gasteiger partial charge is 0.385 e. The Labute approximate surface area is 145 Å². The third-order valence-electron chi connectivity index (χ3n) is 4.41. The highest BCUT2D eigenvalue weighted by atomic mass is 35.5. The second-order valence-corrected chi connectivity index (χ2v) is 10.2. The molecule has 0 aromatic heterocycles. The highest BCUT2D eigenvalue weighted by Gasteiger charge is 2.32. The van der Waals surface area contributed by atoms with Gasteiger partial charge >= 0.3 is 0 Å². The van der Waals surface area contributed by atoms with Crippen molar-refractivity contribution >= 4 is 27.3 Å². The molecule has 2 N–H and O–H groups in total. The van der Waals surface area contributed by atoms with Gasteiger partial charge in [-0.3, -0.25) is 0 Å². The zero-order valence-electron chi connectivity index (χ0n) is 14.1. The van der Waals surface area contributed by atoms with Crippen LogP contribution in [-0.2, 0) is 10.0 Å². The number of sulfonamides is 1. The van der Waals surface area contributed by atoms with Gasteiger partial charge in [-0.05, 0) is 76.6 Å². The average Bonchev–Trinajstić information content (AvgIpc) is 2.47. The Morgan fingerprint density at radius 2 is 1.65 bits per heavy atom. The van der Waals surface area contributed by atoms with Crippen molar-refractivity contribution in [3.8, 4) is 0 Å². The van der Waals surface area contributed by atoms with Gasteiger partial charge in [-0.15, -0.1) is 0 Å². The van der Waals surface area contributed by atoms with E-state index in [-0.39, 0.29) is 6.04 Å². The zero-order chi connectivity index (χ0) is 17.1. The predicted octanol–water partition coefficient (Wildman–Crippen LogP) is 4.03. The molecule has 1 aromatic carbocycles. The molecule has 0 heterocycles. The molecule has 0 spiro atoms. The third-order valence-corrected chi connectivity index (χ3v) is 6.92. The summed E-state index contributed by atoms with van der Waals surface area (Å²) < 4.78 is 26.5. The zero-order valence-corrected chi connectivity index (χ0v) is 15.7. The van der Waals surface area contributed by atoms with Gasteiger partial charge in [0.1, 0.15) is 0 Å². The van der Waals surface area contributed by atoms with Crippen molar-refractivity contribution in [3.63, 3.8) is 0 Å². The lowest BCUT2D eigenvalue weighted by Crippen LogP contribution is -2.46. The first-order valence-electron chi connectivity index (χ1n) is 8.19. The van der Waals surface area contributed by atoms with E-state index in [4.69, 9.17) is 11.6 Å². The van der Waals surface area contributed by atoms with Crippen LogP contribution in [0.1, 0.15) is 46.5 Å². The van der Waals surface area contributed by atoms with Crippen molar-refractivity contribution in [1.29, 1.82) is 0 Å². The molecule has 1 aromatic rings. The van der Waals surface area contributed by atoms with Gasteiger partial charge in [0.05, 0.1) is 4.75 Å². The normalized spacial score (nSPS) is 22.8. The molecule has 0 amide bonds. The van der Waals surface area contributed by atoms with Crippen LogP contribution in [0.2, 0.25) is 5.02 Å². The molecule has 2 rings (SSSR count). The lowest BCUT2D eigenvalue weighted by atomic mass is 9.86. The SMILES string of the molecule is CC(C)(C)S(=O)(=O)N[C@H]1CC[C@H](CNc2ccc(Cl)cc2)CC1. The fourth-order valence-electron chi connectivity index (χ4n) is 2.71. The molecule has 0 aliphatic heterocycles. The molecule has 4 nitrogen and oxygen atoms in total. The Bertz CT molecular complexity index is 600. The Balaban J connectivity index is 1.77. The molecular weight excluding hydrogens is 332 g/mol. The number of nitrogens with one attached hydrogen (secondary N) is 2. The highest BCUT2D eigenvalue weighted by molar-refractivity contribution is 7.90. The van der Waals surface area contributed by atoms with Gasteiger partial charge in [0.2, 0.25) is 10.0 Å². The van der Waals surface area contributed by atoms with Crippen molar-refractivity contribution in [2.75, 3.05) is 11.9 Å². The van der Waals surface area contributed by atoms with Crippen LogP contribution >= 0.6 is 11.6 Å². The van der Waals surface area contributed by atoms with E-state index in [1.165, 1.54) is 0 Å². The molecule has 1 saturated carbocycles. The molecule has 23 heavy (non-hydrogen) atoms. The van der Waals surface area contributed by atoms with Gasteiger partial charge in [-0.1, -0.05) is 11.6 Å². The summed E-state index contributed by atoms with van der Waals surface area (Å²) >= 11 is 5.88. The number of rotatable bonds is 5. The van der Waals surface area contributed by atoms with E-state index in [0.29, 0.717) is 5.92 Å². The molecule has 0 unspecified atom stereocenters. The van der Waals surface area contributed by atoms with E-state index in [0.717, 1.165) is 42.9 Å². The van der Waals surface area contributed by atoms with Crippen LogP contribution in [0.3, 0.4) is 0 Å². The first-order valence-corrected chi connectivity index (χ1v) is 10.0. The summed E-state index contributed by atoms with van der Waals surface area (Å²) in [6.07, 6.45) is 3.89. The molecule has 0 radical (unpaired) electrons. The Kier molecular flexibility index (Phi) is 5.98. The standard InChI is InChI=1S/C17H27ClN2O2S/c1-17(2,3)23(21,22)20-16-8-4-13(5-9-16)12-19-15-10-6-14(18)7-11-15/h6-7,10-11,13,16,19-20H,4-5,8-9,12H2,1-3H3/t13-,16-. The predicted molar refractivity (Wildman–Crippen MR) is 97.5 cm³/mol. The van der Waals surface area contributed by atoms with E-state index in [9.17, 15) is 8.42 Å². The van der Waals surface area contributed by atoms with Crippen LogP contribution in [0.4, 0.5) is 5.69 Å². The number of hydrogen-bond acceptors (Lipinski definition) is 3. The van der Waals surface area contributed by atoms with Crippen molar-refractivity contribution < 1.29 is 8.42 Å². The lowest BCUT2D eigenvalue weighted by Gasteiger charge is -2.31. The molecule has 0 saturated heterocycles. The summed E-state index contributed by atoms with van der Waals surface area (Å²) in [4.78, 5) is 0. The molecule has 0 bridgehead atoms. The lowest BCUT2D eigenvalue weighted by molar-refractivity contribution is 0.322. The van der Waals surface area contributed by atoms with Crippen molar-refractivity contribution in [2.45, 2.75) is 57.2 Å². The van der Waals surface area contributed by atoms with Crippen LogP contribution in [0.15, 0.2) is 24.3 Å². The topological polar surface area (TPSA) is 58.2 Å². The monoisotopic (exact) mass is 358 g/mol. The van der Waals surface area contributed by atoms with E-state index in [1.807, 2.05) is 24.3 Å². The number of anilines is 1. The summed E-state index contributed by atoms with van der Waals surface area (Å²) in [5.74, 6) is 0.584. The molecule has 6 heteroatoms. The van der Waals surface area contributed by atoms with Crippen LogP contribution in [0.25, 0.3) is 0 Å². The van der Waals surface area contributed by atoms with Crippen molar-refractivity contribution in [2.24, 2.45) is 5.92 Å². The van der Waals surface area contributed by atoms with Gasteiger partial charge in [0.25, 0.3) is 0 Å². The van der Waals surface area contributed by atoms with E-state index >= 15 is 0 Å². The Morgan fingerprint density at radius 1 is 1.09 bits per heavy atom. The molecular formula is C17H27ClN2O2S. The maximum Gasteiger partial charge on any atom is 0.216 e. The minimum absolute atomic E-state index is 0.0750. The second-order valence-electron chi connectivity index (χ2n) is 7.34. The molecule has 1 aliphatic carbocycles. The van der Waals surface area contributed by atoms with Gasteiger partial charge in [-0.25, -0.2) is 13.1 Å². The van der Waals surface area contributed by atoms with Crippen LogP contribution < -0.4 is 10.0 Å². The maximum atomic E-state index is 12.2. The minimum Gasteiger partial charge on any atom is -0.385 e. The fraction of sp³-hybridized carbons (Fsp3) is 0.647. The van der Waals surface area contributed by atoms with Crippen LogP contribution in [0, 0.1) is 5.92 Å². The fourth-order valence-corrected chi connectivity index (χ4v) is 3.86. The first kappa shape index (κ1) is 18.6. The minimum atomic E-state index is -3.25. The third kappa shape index (κ3) is 5.37. The van der Waals surface area contributed by atoms with E-state index in [2.05, 4.69) is 10.0 Å². The number of benzene rings is 1. The Hall–Kier alpha value is -0.780. The highest BCUT2D eigenvalue weighted by Crippen LogP contribution is 2.26. The average molecular weight is 359 g/mol. The summed E-state index contributed by atoms with van der Waals surface area (Å²) in [5.41, 5.74) is 1.07. The van der Waals surface area contributed by atoms with E-state index < -0.39 is 14.8 Å². The maximum absolute atomic E-state index is 12.2. The molecule has 1 fully saturated rings. The quantitative estimate of drug-likeness (QED) is 0.835. The molecule has 1 aliphatic rings. The van der Waals surface area contributed by atoms with Crippen molar-refractivity contribution in [3.05, 3.63) is 29.3 Å². The Morgan fingerprint density at radius 3 is 2.17 bits per heavy atom. The molecule has 130 valence electrons. The first-order chi connectivity index (χ1) is 10.7. The summed E-state index contributed by atoms with van der Waals surface area (Å²) in [5, 5.41) is 4.17. The van der Waals surface area contributed by atoms with E-state index in [1.54, 1.807) is 20.8 Å². The van der Waals surface area contributed by atoms with Gasteiger partial charge in [-0.2, -0.15) is 0 Å². The molecule has 0 atom stereocenters. The van der Waals surface area contributed by atoms with Crippen LogP contribution in [-0.4, -0.2) is 25.8 Å². The number of hydrogen-bond donors (Lipinski definition) is 2. The smallest absolute Gasteiger partial charge is 0.216 e. The summed E-state index contributed by atoms with van der Waals surface area (Å²) in [6, 6.07) is 7.78. The summed E-state index contributed by atoms with van der Waals surface area (Å²) in [7, 11) is -3.25. The van der Waals surface area contributed by atoms with Crippen molar-refractivity contribution in [1.82, 2.24) is 4.72 Å².